The molecule has 11 N–H and O–H groups in total. The Labute approximate surface area is 349 Å². The molecule has 0 bridgehead atoms. The van der Waals surface area contributed by atoms with E-state index in [9.17, 15) is 65.4 Å². The van der Waals surface area contributed by atoms with Crippen LogP contribution in [0.15, 0.2) is 60.4 Å². The predicted octanol–water partition coefficient (Wildman–Crippen LogP) is -0.723. The van der Waals surface area contributed by atoms with Gasteiger partial charge in [0.25, 0.3) is 0 Å². The number of aromatic hydroxyl groups is 4. The molecule has 3 aromatic rings. The number of hydrogen-bond donors (Lipinski definition) is 11. The Hall–Kier alpha value is -6.37. The van der Waals surface area contributed by atoms with Gasteiger partial charge in [-0.1, -0.05) is 12.1 Å². The summed E-state index contributed by atoms with van der Waals surface area (Å²) >= 11 is 0. The van der Waals surface area contributed by atoms with E-state index in [4.69, 9.17) is 43.0 Å². The number of carbonyl (C=O) groups is 3. The molecule has 3 aromatic carbocycles. The Morgan fingerprint density at radius 2 is 1.32 bits per heavy atom. The van der Waals surface area contributed by atoms with Crippen molar-refractivity contribution >= 4 is 30.1 Å². The van der Waals surface area contributed by atoms with Crippen LogP contribution >= 0.6 is 0 Å². The molecule has 0 radical (unpaired) electrons. The maximum atomic E-state index is 12.6. The third kappa shape index (κ3) is 10.2. The van der Waals surface area contributed by atoms with Crippen molar-refractivity contribution in [3.05, 3.63) is 77.1 Å². The Bertz CT molecular complexity index is 2190. The Morgan fingerprint density at radius 1 is 0.694 bits per heavy atom. The molecule has 11 atom stereocenters. The van der Waals surface area contributed by atoms with Crippen molar-refractivity contribution in [2.45, 2.75) is 73.9 Å². The number of carbonyl (C=O) groups excluding carboxylic acids is 2. The van der Waals surface area contributed by atoms with E-state index >= 15 is 0 Å². The molecule has 0 amide bonds. The van der Waals surface area contributed by atoms with E-state index in [1.807, 2.05) is 0 Å². The fourth-order valence-electron chi connectivity index (χ4n) is 6.45. The zero-order valence-electron chi connectivity index (χ0n) is 32.2. The van der Waals surface area contributed by atoms with Crippen LogP contribution in [0.25, 0.3) is 12.2 Å². The van der Waals surface area contributed by atoms with Gasteiger partial charge in [0.05, 0.1) is 12.7 Å². The summed E-state index contributed by atoms with van der Waals surface area (Å²) in [5, 5.41) is 114. The van der Waals surface area contributed by atoms with Crippen molar-refractivity contribution in [1.82, 2.24) is 0 Å². The third-order valence-electron chi connectivity index (χ3n) is 9.72. The van der Waals surface area contributed by atoms with Crippen molar-refractivity contribution in [2.24, 2.45) is 0 Å². The lowest BCUT2D eigenvalue weighted by Gasteiger charge is -2.41. The van der Waals surface area contributed by atoms with Crippen LogP contribution in [0.1, 0.15) is 29.2 Å². The van der Waals surface area contributed by atoms with Crippen LogP contribution < -0.4 is 14.2 Å². The van der Waals surface area contributed by atoms with E-state index in [-0.39, 0.29) is 39.9 Å². The van der Waals surface area contributed by atoms with Gasteiger partial charge in [0.15, 0.2) is 29.1 Å². The number of phenolic OH excluding ortho intramolecular Hbond substituents is 4. The number of aliphatic hydroxyl groups is 6. The van der Waals surface area contributed by atoms with E-state index in [2.05, 4.69) is 0 Å². The number of carboxylic acids is 1. The molecule has 3 heterocycles. The smallest absolute Gasteiger partial charge is 0.330 e. The predicted molar refractivity (Wildman–Crippen MR) is 202 cm³/mol. The van der Waals surface area contributed by atoms with E-state index in [1.165, 1.54) is 43.5 Å². The monoisotopic (exact) mass is 874 g/mol. The number of aliphatic carboxylic acids is 1. The summed E-state index contributed by atoms with van der Waals surface area (Å²) in [7, 11) is 1.34. The van der Waals surface area contributed by atoms with Gasteiger partial charge < -0.3 is 94.1 Å². The Balaban J connectivity index is 1.26. The van der Waals surface area contributed by atoms with Crippen molar-refractivity contribution in [3.8, 4) is 40.2 Å². The van der Waals surface area contributed by atoms with Gasteiger partial charge in [0.1, 0.15) is 91.5 Å². The van der Waals surface area contributed by atoms with E-state index < -0.39 is 122 Å². The average Bonchev–Trinajstić information content (AvgIpc) is 3.23. The normalized spacial score (nSPS) is 28.2. The number of fused-ring (bicyclic) bond motifs is 1. The van der Waals surface area contributed by atoms with Crippen molar-refractivity contribution in [1.29, 1.82) is 0 Å². The molecule has 2 saturated heterocycles. The van der Waals surface area contributed by atoms with Crippen LogP contribution in [-0.4, -0.2) is 156 Å². The van der Waals surface area contributed by atoms with Gasteiger partial charge in [-0.05, 0) is 42.0 Å². The number of aliphatic hydroxyl groups excluding tert-OH is 6. The second kappa shape index (κ2) is 19.1. The summed E-state index contributed by atoms with van der Waals surface area (Å²) in [5.74, 6) is -5.88. The highest BCUT2D eigenvalue weighted by Gasteiger charge is 2.48. The number of hydrogen-bond acceptors (Lipinski definition) is 21. The molecule has 6 rings (SSSR count). The Kier molecular flexibility index (Phi) is 13.9. The summed E-state index contributed by atoms with van der Waals surface area (Å²) in [4.78, 5) is 35.3. The number of carboxylic acid groups (broad SMARTS) is 1. The first kappa shape index (κ1) is 45.2. The minimum atomic E-state index is -1.97. The standard InChI is InChI=1S/C40H42O22/c1-55-25-8-16(2-5-21(25)43)3-7-30(47)56-14-27-32(49)35(52)37(54)40(62-27)60-26-12-19-23(58-38(26)17-4-6-20(42)22(44)9-17)10-18(41)11-24(19)59-39-36(53)34(51)33(50)28(61-39)15-57-31(48)13-29(45)46/h2-12,27-28,32-44,49-54H,13-15H2,1H3,(H,45,46)/b7-3+/t27-,28+,32-,33-,34-,35+,36+,37-,38?,39+,40+/m0/s1. The van der Waals surface area contributed by atoms with Crippen LogP contribution in [0.2, 0.25) is 0 Å². The van der Waals surface area contributed by atoms with Crippen LogP contribution in [0.4, 0.5) is 0 Å². The molecule has 1 unspecified atom stereocenters. The molecule has 22 heteroatoms. The molecular formula is C40H42O22. The van der Waals surface area contributed by atoms with Crippen molar-refractivity contribution in [2.75, 3.05) is 20.3 Å². The zero-order valence-corrected chi connectivity index (χ0v) is 32.2. The van der Waals surface area contributed by atoms with Crippen LogP contribution in [0, 0.1) is 0 Å². The minimum Gasteiger partial charge on any atom is -0.508 e. The lowest BCUT2D eigenvalue weighted by molar-refractivity contribution is -0.294. The number of ether oxygens (including phenoxy) is 8. The van der Waals surface area contributed by atoms with Gasteiger partial charge in [-0.3, -0.25) is 9.59 Å². The zero-order chi connectivity index (χ0) is 45.0. The molecule has 3 aliphatic heterocycles. The lowest BCUT2D eigenvalue weighted by Crippen LogP contribution is -2.60. The van der Waals surface area contributed by atoms with Crippen LogP contribution in [-0.2, 0) is 38.1 Å². The van der Waals surface area contributed by atoms with Crippen LogP contribution in [0.3, 0.4) is 0 Å². The van der Waals surface area contributed by atoms with Gasteiger partial charge in [-0.2, -0.15) is 0 Å². The van der Waals surface area contributed by atoms with E-state index in [1.54, 1.807) is 0 Å². The molecule has 0 aliphatic carbocycles. The van der Waals surface area contributed by atoms with Crippen LogP contribution in [0.5, 0.6) is 40.2 Å². The number of methoxy groups -OCH3 is 1. The summed E-state index contributed by atoms with van der Waals surface area (Å²) < 4.78 is 44.5. The number of rotatable bonds is 14. The first-order valence-corrected chi connectivity index (χ1v) is 18.5. The molecule has 0 spiro atoms. The highest BCUT2D eigenvalue weighted by molar-refractivity contribution is 5.90. The first-order chi connectivity index (χ1) is 29.4. The highest BCUT2D eigenvalue weighted by atomic mass is 16.7. The maximum Gasteiger partial charge on any atom is 0.330 e. The summed E-state index contributed by atoms with van der Waals surface area (Å²) in [6.45, 7) is -1.43. The number of benzene rings is 3. The Morgan fingerprint density at radius 3 is 1.95 bits per heavy atom. The average molecular weight is 875 g/mol. The number of esters is 2. The summed E-state index contributed by atoms with van der Waals surface area (Å²) in [6.07, 6.45) is -17.0. The summed E-state index contributed by atoms with van der Waals surface area (Å²) in [6, 6.07) is 10.0. The van der Waals surface area contributed by atoms with E-state index in [0.717, 1.165) is 30.3 Å². The lowest BCUT2D eigenvalue weighted by atomic mass is 9.98. The fourth-order valence-corrected chi connectivity index (χ4v) is 6.45. The molecule has 22 nitrogen and oxygen atoms in total. The van der Waals surface area contributed by atoms with Gasteiger partial charge >= 0.3 is 17.9 Å². The van der Waals surface area contributed by atoms with E-state index in [0.29, 0.717) is 5.56 Å². The minimum absolute atomic E-state index is 0.0627. The van der Waals surface area contributed by atoms with Gasteiger partial charge in [-0.15, -0.1) is 0 Å². The summed E-state index contributed by atoms with van der Waals surface area (Å²) in [5.41, 5.74) is 0.510. The third-order valence-corrected chi connectivity index (χ3v) is 9.72. The van der Waals surface area contributed by atoms with Gasteiger partial charge in [0.2, 0.25) is 12.6 Å². The quantitative estimate of drug-likeness (QED) is 0.0412. The molecule has 2 fully saturated rings. The SMILES string of the molecule is COc1cc(/C=C/C(=O)OC[C@@H]2O[C@@H](OC3=Cc4c(cc(O)cc4O[C@@H]4O[C@H](COC(=O)CC(=O)O)[C@H](O)[C@H](O)[C@H]4O)OC3c3ccc(O)c(O)c3)[C@@H](O)[C@H](O)[C@H]2O)ccc1O. The van der Waals surface area contributed by atoms with Gasteiger partial charge in [0, 0.05) is 23.8 Å². The highest BCUT2D eigenvalue weighted by Crippen LogP contribution is 2.46. The fraction of sp³-hybridized carbons (Fsp3) is 0.375. The van der Waals surface area contributed by atoms with Crippen molar-refractivity contribution < 1.29 is 108 Å². The molecular weight excluding hydrogens is 832 g/mol. The number of phenols is 4. The topological polar surface area (TPSA) is 348 Å². The van der Waals surface area contributed by atoms with Crippen molar-refractivity contribution in [3.63, 3.8) is 0 Å². The molecule has 0 aromatic heterocycles. The van der Waals surface area contributed by atoms with Gasteiger partial charge in [-0.25, -0.2) is 4.79 Å². The molecule has 62 heavy (non-hydrogen) atoms. The molecule has 0 saturated carbocycles. The molecule has 3 aliphatic rings. The maximum absolute atomic E-state index is 12.6. The first-order valence-electron chi connectivity index (χ1n) is 18.5. The second-order valence-corrected chi connectivity index (χ2v) is 14.1. The molecule has 334 valence electrons. The second-order valence-electron chi connectivity index (χ2n) is 14.1. The largest absolute Gasteiger partial charge is 0.508 e.